The zero-order valence-corrected chi connectivity index (χ0v) is 12.0. The molecule has 0 heterocycles. The molecule has 5 heteroatoms. The van der Waals surface area contributed by atoms with E-state index in [-0.39, 0.29) is 12.5 Å². The fourth-order valence-electron chi connectivity index (χ4n) is 1.75. The fraction of sp³-hybridized carbons (Fsp3) is 0.188. The predicted molar refractivity (Wildman–Crippen MR) is 80.1 cm³/mol. The standard InChI is InChI=1S/C16H17NO4/c1-19-13-9-7-12(8-10-13)17-16(18)11-21-15-6-4-3-5-14(15)20-2/h3-10H,11H2,1-2H3,(H,17,18). The number of benzene rings is 2. The van der Waals surface area contributed by atoms with Crippen LogP contribution >= 0.6 is 0 Å². The topological polar surface area (TPSA) is 56.8 Å². The van der Waals surface area contributed by atoms with Crippen molar-refractivity contribution in [2.75, 3.05) is 26.1 Å². The van der Waals surface area contributed by atoms with Crippen LogP contribution in [-0.4, -0.2) is 26.7 Å². The van der Waals surface area contributed by atoms with Crippen LogP contribution in [0.5, 0.6) is 17.2 Å². The van der Waals surface area contributed by atoms with Crippen molar-refractivity contribution in [2.24, 2.45) is 0 Å². The third kappa shape index (κ3) is 4.14. The van der Waals surface area contributed by atoms with Crippen LogP contribution in [0.3, 0.4) is 0 Å². The van der Waals surface area contributed by atoms with E-state index >= 15 is 0 Å². The minimum Gasteiger partial charge on any atom is -0.497 e. The molecule has 110 valence electrons. The van der Waals surface area contributed by atoms with E-state index in [0.29, 0.717) is 17.2 Å². The summed E-state index contributed by atoms with van der Waals surface area (Å²) in [5.41, 5.74) is 0.685. The number of anilines is 1. The summed E-state index contributed by atoms with van der Waals surface area (Å²) in [6.45, 7) is -0.0909. The maximum absolute atomic E-state index is 11.8. The lowest BCUT2D eigenvalue weighted by Crippen LogP contribution is -2.20. The first-order valence-electron chi connectivity index (χ1n) is 6.42. The molecule has 2 rings (SSSR count). The number of nitrogens with one attached hydrogen (secondary N) is 1. The molecule has 0 fully saturated rings. The Balaban J connectivity index is 1.89. The number of hydrogen-bond donors (Lipinski definition) is 1. The van der Waals surface area contributed by atoms with Crippen molar-refractivity contribution in [1.82, 2.24) is 0 Å². The van der Waals surface area contributed by atoms with Crippen LogP contribution in [0.2, 0.25) is 0 Å². The highest BCUT2D eigenvalue weighted by Crippen LogP contribution is 2.25. The molecule has 21 heavy (non-hydrogen) atoms. The van der Waals surface area contributed by atoms with E-state index in [2.05, 4.69) is 5.32 Å². The van der Waals surface area contributed by atoms with Crippen molar-refractivity contribution in [3.63, 3.8) is 0 Å². The summed E-state index contributed by atoms with van der Waals surface area (Å²) in [6, 6.07) is 14.3. The maximum atomic E-state index is 11.8. The van der Waals surface area contributed by atoms with Gasteiger partial charge in [0.1, 0.15) is 5.75 Å². The van der Waals surface area contributed by atoms with Gasteiger partial charge in [0.2, 0.25) is 0 Å². The molecule has 0 saturated heterocycles. The van der Waals surface area contributed by atoms with Crippen molar-refractivity contribution < 1.29 is 19.0 Å². The normalized spacial score (nSPS) is 9.81. The molecular weight excluding hydrogens is 270 g/mol. The first-order valence-corrected chi connectivity index (χ1v) is 6.42. The van der Waals surface area contributed by atoms with E-state index in [0.717, 1.165) is 5.75 Å². The van der Waals surface area contributed by atoms with Gasteiger partial charge in [0.25, 0.3) is 5.91 Å². The Bertz CT molecular complexity index is 595. The Kier molecular flexibility index (Phi) is 5.04. The molecule has 0 bridgehead atoms. The van der Waals surface area contributed by atoms with Crippen LogP contribution in [0.1, 0.15) is 0 Å². The first-order chi connectivity index (χ1) is 10.2. The second-order valence-electron chi connectivity index (χ2n) is 4.22. The largest absolute Gasteiger partial charge is 0.497 e. The third-order valence-corrected chi connectivity index (χ3v) is 2.80. The second kappa shape index (κ2) is 7.19. The van der Waals surface area contributed by atoms with E-state index in [1.807, 2.05) is 12.1 Å². The smallest absolute Gasteiger partial charge is 0.262 e. The number of carbonyl (C=O) groups is 1. The Hall–Kier alpha value is -2.69. The molecule has 1 amide bonds. The van der Waals surface area contributed by atoms with Gasteiger partial charge < -0.3 is 19.5 Å². The van der Waals surface area contributed by atoms with Crippen molar-refractivity contribution in [1.29, 1.82) is 0 Å². The fourth-order valence-corrected chi connectivity index (χ4v) is 1.75. The lowest BCUT2D eigenvalue weighted by atomic mass is 10.3. The summed E-state index contributed by atoms with van der Waals surface area (Å²) in [6.07, 6.45) is 0. The van der Waals surface area contributed by atoms with Gasteiger partial charge in [0, 0.05) is 5.69 Å². The summed E-state index contributed by atoms with van der Waals surface area (Å²) in [5, 5.41) is 2.74. The van der Waals surface area contributed by atoms with Crippen LogP contribution in [-0.2, 0) is 4.79 Å². The van der Waals surface area contributed by atoms with Crippen molar-refractivity contribution in [2.45, 2.75) is 0 Å². The van der Waals surface area contributed by atoms with Gasteiger partial charge in [-0.05, 0) is 36.4 Å². The number of carbonyl (C=O) groups excluding carboxylic acids is 1. The summed E-state index contributed by atoms with van der Waals surface area (Å²) >= 11 is 0. The SMILES string of the molecule is COc1ccc(NC(=O)COc2ccccc2OC)cc1. The van der Waals surface area contributed by atoms with Crippen LogP contribution in [0, 0.1) is 0 Å². The Morgan fingerprint density at radius 1 is 0.952 bits per heavy atom. The minimum absolute atomic E-state index is 0.0909. The number of amides is 1. The van der Waals surface area contributed by atoms with Crippen LogP contribution in [0.15, 0.2) is 48.5 Å². The van der Waals surface area contributed by atoms with Crippen LogP contribution < -0.4 is 19.5 Å². The third-order valence-electron chi connectivity index (χ3n) is 2.80. The van der Waals surface area contributed by atoms with Gasteiger partial charge in [0.05, 0.1) is 14.2 Å². The van der Waals surface area contributed by atoms with Gasteiger partial charge in [-0.3, -0.25) is 4.79 Å². The molecule has 0 saturated carbocycles. The maximum Gasteiger partial charge on any atom is 0.262 e. The van der Waals surface area contributed by atoms with Crippen molar-refractivity contribution >= 4 is 11.6 Å². The zero-order chi connectivity index (χ0) is 15.1. The molecule has 0 radical (unpaired) electrons. The van der Waals surface area contributed by atoms with Crippen molar-refractivity contribution in [3.8, 4) is 17.2 Å². The number of rotatable bonds is 6. The summed E-state index contributed by atoms with van der Waals surface area (Å²) in [7, 11) is 3.15. The predicted octanol–water partition coefficient (Wildman–Crippen LogP) is 2.72. The van der Waals surface area contributed by atoms with E-state index in [9.17, 15) is 4.79 Å². The van der Waals surface area contributed by atoms with Gasteiger partial charge in [0.15, 0.2) is 18.1 Å². The molecule has 0 aliphatic heterocycles. The van der Waals surface area contributed by atoms with Crippen LogP contribution in [0.25, 0.3) is 0 Å². The second-order valence-corrected chi connectivity index (χ2v) is 4.22. The highest BCUT2D eigenvalue weighted by molar-refractivity contribution is 5.91. The summed E-state index contributed by atoms with van der Waals surface area (Å²) in [4.78, 5) is 11.8. The van der Waals surface area contributed by atoms with E-state index in [1.54, 1.807) is 50.6 Å². The first kappa shape index (κ1) is 14.7. The van der Waals surface area contributed by atoms with Gasteiger partial charge in [-0.1, -0.05) is 12.1 Å². The molecule has 2 aromatic carbocycles. The molecule has 0 unspecified atom stereocenters. The molecule has 0 aromatic heterocycles. The molecule has 0 aliphatic rings. The van der Waals surface area contributed by atoms with Gasteiger partial charge in [-0.15, -0.1) is 0 Å². The zero-order valence-electron chi connectivity index (χ0n) is 12.0. The quantitative estimate of drug-likeness (QED) is 0.887. The van der Waals surface area contributed by atoms with Gasteiger partial charge >= 0.3 is 0 Å². The molecule has 0 spiro atoms. The minimum atomic E-state index is -0.244. The van der Waals surface area contributed by atoms with Crippen molar-refractivity contribution in [3.05, 3.63) is 48.5 Å². The molecule has 0 aliphatic carbocycles. The van der Waals surface area contributed by atoms with Crippen LogP contribution in [0.4, 0.5) is 5.69 Å². The highest BCUT2D eigenvalue weighted by Gasteiger charge is 2.07. The number of hydrogen-bond acceptors (Lipinski definition) is 4. The Morgan fingerprint density at radius 3 is 2.24 bits per heavy atom. The average Bonchev–Trinajstić information content (AvgIpc) is 2.54. The molecule has 2 aromatic rings. The average molecular weight is 287 g/mol. The molecule has 0 atom stereocenters. The molecule has 1 N–H and O–H groups in total. The highest BCUT2D eigenvalue weighted by atomic mass is 16.5. The lowest BCUT2D eigenvalue weighted by molar-refractivity contribution is -0.118. The number of para-hydroxylation sites is 2. The lowest BCUT2D eigenvalue weighted by Gasteiger charge is -2.10. The van der Waals surface area contributed by atoms with E-state index in [4.69, 9.17) is 14.2 Å². The van der Waals surface area contributed by atoms with E-state index in [1.165, 1.54) is 0 Å². The van der Waals surface area contributed by atoms with E-state index < -0.39 is 0 Å². The number of methoxy groups -OCH3 is 2. The monoisotopic (exact) mass is 287 g/mol. The summed E-state index contributed by atoms with van der Waals surface area (Å²) < 4.78 is 15.6. The summed E-state index contributed by atoms with van der Waals surface area (Å²) in [5.74, 6) is 1.61. The molecule has 5 nitrogen and oxygen atoms in total. The van der Waals surface area contributed by atoms with Gasteiger partial charge in [-0.25, -0.2) is 0 Å². The Labute approximate surface area is 123 Å². The van der Waals surface area contributed by atoms with Gasteiger partial charge in [-0.2, -0.15) is 0 Å². The Morgan fingerprint density at radius 2 is 1.62 bits per heavy atom. The molecular formula is C16H17NO4. The number of ether oxygens (including phenoxy) is 3.